The Hall–Kier alpha value is -1.33. The molecule has 1 aromatic rings. The van der Waals surface area contributed by atoms with Crippen molar-refractivity contribution in [2.75, 3.05) is 11.9 Å². The molecule has 0 fully saturated rings. The number of anilines is 1. The van der Waals surface area contributed by atoms with Crippen molar-refractivity contribution in [1.82, 2.24) is 0 Å². The van der Waals surface area contributed by atoms with Crippen LogP contribution in [0.4, 0.5) is 5.69 Å². The summed E-state index contributed by atoms with van der Waals surface area (Å²) in [7, 11) is 1.73. The van der Waals surface area contributed by atoms with Gasteiger partial charge >= 0.3 is 6.92 Å². The molecule has 0 N–H and O–H groups in total. The smallest absolute Gasteiger partial charge is 0.313 e. The minimum atomic E-state index is -0.620. The van der Waals surface area contributed by atoms with Gasteiger partial charge in [0, 0.05) is 12.7 Å². The predicted octanol–water partition coefficient (Wildman–Crippen LogP) is 3.02. The van der Waals surface area contributed by atoms with E-state index in [-0.39, 0.29) is 12.8 Å². The van der Waals surface area contributed by atoms with E-state index in [0.717, 1.165) is 18.3 Å². The average molecular weight is 263 g/mol. The number of hydrogen-bond donors (Lipinski definition) is 0. The van der Waals surface area contributed by atoms with Crippen LogP contribution in [0.3, 0.4) is 0 Å². The number of rotatable bonds is 7. The van der Waals surface area contributed by atoms with Crippen LogP contribution in [0.2, 0.25) is 12.6 Å². The molecule has 1 amide bonds. The van der Waals surface area contributed by atoms with Gasteiger partial charge < -0.3 is 9.70 Å². The van der Waals surface area contributed by atoms with Crippen molar-refractivity contribution in [2.24, 2.45) is 0 Å². The van der Waals surface area contributed by atoms with E-state index in [2.05, 4.69) is 0 Å². The molecule has 0 aromatic heterocycles. The Labute approximate surface area is 115 Å². The molecule has 1 atom stereocenters. The van der Waals surface area contributed by atoms with Gasteiger partial charge in [-0.1, -0.05) is 32.0 Å². The average Bonchev–Trinajstić information content (AvgIpc) is 2.47. The van der Waals surface area contributed by atoms with E-state index in [9.17, 15) is 4.79 Å². The molecule has 0 saturated carbocycles. The number of nitrogens with zero attached hydrogens (tertiary/aromatic N) is 1. The molecule has 0 aliphatic rings. The Morgan fingerprint density at radius 3 is 2.37 bits per heavy atom. The zero-order valence-corrected chi connectivity index (χ0v) is 12.1. The number of benzene rings is 1. The van der Waals surface area contributed by atoms with E-state index in [4.69, 9.17) is 9.69 Å². The lowest BCUT2D eigenvalue weighted by Crippen LogP contribution is -2.37. The molecule has 0 aliphatic carbocycles. The highest BCUT2D eigenvalue weighted by Gasteiger charge is 2.22. The SMILES string of the molecule is CCB(CC)OOC(C)C(=O)N(C)c1ccccc1. The van der Waals surface area contributed by atoms with E-state index in [1.54, 1.807) is 18.9 Å². The van der Waals surface area contributed by atoms with Gasteiger partial charge in [-0.2, -0.15) is 0 Å². The first-order valence-corrected chi connectivity index (χ1v) is 6.74. The Morgan fingerprint density at radius 2 is 1.84 bits per heavy atom. The number of likely N-dealkylation sites (N-methyl/N-ethyl adjacent to an activating group) is 1. The second kappa shape index (κ2) is 7.97. The van der Waals surface area contributed by atoms with E-state index in [1.807, 2.05) is 44.2 Å². The molecule has 1 unspecified atom stereocenters. The summed E-state index contributed by atoms with van der Waals surface area (Å²) < 4.78 is 0. The highest BCUT2D eigenvalue weighted by atomic mass is 17.2. The Balaban J connectivity index is 2.52. The monoisotopic (exact) mass is 263 g/mol. The standard InChI is InChI=1S/C14H22BNO3/c1-5-15(6-2)19-18-12(3)14(17)16(4)13-10-8-7-9-11-13/h7-12H,5-6H2,1-4H3. The summed E-state index contributed by atoms with van der Waals surface area (Å²) in [6.07, 6.45) is 1.11. The third-order valence-electron chi connectivity index (χ3n) is 3.07. The number of amides is 1. The Kier molecular flexibility index (Phi) is 6.60. The maximum atomic E-state index is 12.2. The van der Waals surface area contributed by atoms with Gasteiger partial charge in [-0.3, -0.25) is 4.79 Å². The molecule has 1 rings (SSSR count). The van der Waals surface area contributed by atoms with Crippen LogP contribution in [-0.2, 0) is 14.5 Å². The van der Waals surface area contributed by atoms with Crippen molar-refractivity contribution in [3.8, 4) is 0 Å². The molecule has 4 nitrogen and oxygen atoms in total. The molecular formula is C14H22BNO3. The van der Waals surface area contributed by atoms with Crippen molar-refractivity contribution in [3.05, 3.63) is 30.3 Å². The summed E-state index contributed by atoms with van der Waals surface area (Å²) in [5.41, 5.74) is 0.838. The Bertz CT molecular complexity index is 382. The zero-order valence-electron chi connectivity index (χ0n) is 12.1. The molecule has 1 aromatic carbocycles. The molecule has 19 heavy (non-hydrogen) atoms. The molecule has 0 radical (unpaired) electrons. The number of carbonyl (C=O) groups excluding carboxylic acids is 1. The molecule has 0 aliphatic heterocycles. The summed E-state index contributed by atoms with van der Waals surface area (Å²) in [5.74, 6) is -0.128. The van der Waals surface area contributed by atoms with Crippen molar-refractivity contribution < 1.29 is 14.5 Å². The van der Waals surface area contributed by atoms with Gasteiger partial charge in [0.05, 0.1) is 0 Å². The van der Waals surface area contributed by atoms with Crippen LogP contribution in [0.25, 0.3) is 0 Å². The third kappa shape index (κ3) is 4.69. The van der Waals surface area contributed by atoms with Gasteiger partial charge in [0.25, 0.3) is 5.91 Å². The fourth-order valence-corrected chi connectivity index (χ4v) is 1.68. The molecule has 0 heterocycles. The highest BCUT2D eigenvalue weighted by molar-refractivity contribution is 6.51. The zero-order chi connectivity index (χ0) is 14.3. The number of carbonyl (C=O) groups is 1. The normalized spacial score (nSPS) is 12.0. The first kappa shape index (κ1) is 15.7. The van der Waals surface area contributed by atoms with E-state index >= 15 is 0 Å². The third-order valence-corrected chi connectivity index (χ3v) is 3.07. The maximum absolute atomic E-state index is 12.2. The van der Waals surface area contributed by atoms with Crippen molar-refractivity contribution in [3.63, 3.8) is 0 Å². The van der Waals surface area contributed by atoms with Gasteiger partial charge in [0.15, 0.2) is 6.10 Å². The maximum Gasteiger partial charge on any atom is 0.339 e. The second-order valence-electron chi connectivity index (χ2n) is 4.51. The molecule has 104 valence electrons. The van der Waals surface area contributed by atoms with Crippen LogP contribution in [0, 0.1) is 0 Å². The summed E-state index contributed by atoms with van der Waals surface area (Å²) in [4.78, 5) is 24.2. The number of hydrogen-bond acceptors (Lipinski definition) is 3. The van der Waals surface area contributed by atoms with Gasteiger partial charge in [0.2, 0.25) is 0 Å². The van der Waals surface area contributed by atoms with Crippen molar-refractivity contribution in [2.45, 2.75) is 39.5 Å². The minimum Gasteiger partial charge on any atom is -0.313 e. The summed E-state index contributed by atoms with van der Waals surface area (Å²) in [6, 6.07) is 9.47. The fourth-order valence-electron chi connectivity index (χ4n) is 1.68. The first-order chi connectivity index (χ1) is 9.10. The summed E-state index contributed by atoms with van der Waals surface area (Å²) >= 11 is 0. The minimum absolute atomic E-state index is 0.0391. The first-order valence-electron chi connectivity index (χ1n) is 6.74. The molecule has 0 saturated heterocycles. The van der Waals surface area contributed by atoms with Crippen LogP contribution in [0.15, 0.2) is 30.3 Å². The second-order valence-corrected chi connectivity index (χ2v) is 4.51. The van der Waals surface area contributed by atoms with Crippen LogP contribution in [0.5, 0.6) is 0 Å². The van der Waals surface area contributed by atoms with Gasteiger partial charge in [-0.25, -0.2) is 4.89 Å². The van der Waals surface area contributed by atoms with E-state index in [0.29, 0.717) is 0 Å². The van der Waals surface area contributed by atoms with E-state index in [1.165, 1.54) is 0 Å². The van der Waals surface area contributed by atoms with Crippen molar-refractivity contribution >= 4 is 18.5 Å². The van der Waals surface area contributed by atoms with Crippen LogP contribution >= 0.6 is 0 Å². The van der Waals surface area contributed by atoms with Gasteiger partial charge in [-0.05, 0) is 31.7 Å². The topological polar surface area (TPSA) is 38.8 Å². The highest BCUT2D eigenvalue weighted by Crippen LogP contribution is 2.13. The van der Waals surface area contributed by atoms with Crippen LogP contribution in [0.1, 0.15) is 20.8 Å². The van der Waals surface area contributed by atoms with Gasteiger partial charge in [-0.15, -0.1) is 0 Å². The lowest BCUT2D eigenvalue weighted by Gasteiger charge is -2.22. The van der Waals surface area contributed by atoms with Crippen molar-refractivity contribution in [1.29, 1.82) is 0 Å². The molecule has 5 heteroatoms. The van der Waals surface area contributed by atoms with Crippen LogP contribution in [-0.4, -0.2) is 26.0 Å². The molecule has 0 bridgehead atoms. The number of para-hydroxylation sites is 1. The summed E-state index contributed by atoms with van der Waals surface area (Å²) in [5, 5.41) is 0. The summed E-state index contributed by atoms with van der Waals surface area (Å²) in [6.45, 7) is 5.79. The lowest BCUT2D eigenvalue weighted by atomic mass is 9.63. The van der Waals surface area contributed by atoms with E-state index < -0.39 is 6.10 Å². The Morgan fingerprint density at radius 1 is 1.26 bits per heavy atom. The molecular weight excluding hydrogens is 241 g/mol. The van der Waals surface area contributed by atoms with Crippen LogP contribution < -0.4 is 4.90 Å². The van der Waals surface area contributed by atoms with Gasteiger partial charge in [0.1, 0.15) is 0 Å². The largest absolute Gasteiger partial charge is 0.339 e. The lowest BCUT2D eigenvalue weighted by molar-refractivity contribution is -0.241. The molecule has 0 spiro atoms. The quantitative estimate of drug-likeness (QED) is 0.431. The predicted molar refractivity (Wildman–Crippen MR) is 78.2 cm³/mol. The fraction of sp³-hybridized carbons (Fsp3) is 0.500.